The van der Waals surface area contributed by atoms with Crippen LogP contribution in [0.1, 0.15) is 5.56 Å². The lowest BCUT2D eigenvalue weighted by Gasteiger charge is -2.23. The van der Waals surface area contributed by atoms with Crippen molar-refractivity contribution < 1.29 is 17.9 Å². The Labute approximate surface area is 203 Å². The first-order valence-corrected chi connectivity index (χ1v) is 12.4. The first kappa shape index (κ1) is 23.8. The van der Waals surface area contributed by atoms with Crippen molar-refractivity contribution in [3.05, 3.63) is 102 Å². The number of fused-ring (bicyclic) bond motifs is 1. The highest BCUT2D eigenvalue weighted by molar-refractivity contribution is 7.89. The molecule has 1 N–H and O–H groups in total. The van der Waals surface area contributed by atoms with Crippen molar-refractivity contribution in [2.75, 3.05) is 19.0 Å². The monoisotopic (exact) mass is 494 g/mol. The van der Waals surface area contributed by atoms with Crippen LogP contribution < -0.4 is 10.1 Å². The number of nitrogens with zero attached hydrogens (tertiary/aromatic N) is 1. The van der Waals surface area contributed by atoms with Gasteiger partial charge in [-0.05, 0) is 35.2 Å². The normalized spacial score (nSPS) is 11.5. The Morgan fingerprint density at radius 2 is 1.65 bits per heavy atom. The molecule has 0 aromatic heterocycles. The number of halogens is 1. The van der Waals surface area contributed by atoms with E-state index in [1.54, 1.807) is 24.3 Å². The molecule has 174 valence electrons. The van der Waals surface area contributed by atoms with Crippen LogP contribution in [0.5, 0.6) is 5.75 Å². The summed E-state index contributed by atoms with van der Waals surface area (Å²) in [6.07, 6.45) is 0. The summed E-state index contributed by atoms with van der Waals surface area (Å²) in [5.74, 6) is -0.311. The van der Waals surface area contributed by atoms with Crippen LogP contribution in [0.15, 0.2) is 95.9 Å². The van der Waals surface area contributed by atoms with Crippen molar-refractivity contribution in [2.45, 2.75) is 11.4 Å². The van der Waals surface area contributed by atoms with E-state index >= 15 is 0 Å². The highest BCUT2D eigenvalue weighted by Crippen LogP contribution is 2.30. The number of methoxy groups -OCH3 is 1. The Balaban J connectivity index is 1.67. The van der Waals surface area contributed by atoms with Gasteiger partial charge in [0.15, 0.2) is 0 Å². The average molecular weight is 495 g/mol. The van der Waals surface area contributed by atoms with Gasteiger partial charge < -0.3 is 10.1 Å². The van der Waals surface area contributed by atoms with Crippen LogP contribution in [-0.4, -0.2) is 32.3 Å². The number of anilines is 1. The first-order valence-electron chi connectivity index (χ1n) is 10.5. The van der Waals surface area contributed by atoms with Crippen LogP contribution in [0.4, 0.5) is 5.69 Å². The SMILES string of the molecule is COc1ccc(Cl)cc1S(=O)(=O)N(CC(=O)Nc1cccc2ccccc12)Cc1ccccc1. The first-order chi connectivity index (χ1) is 16.4. The van der Waals surface area contributed by atoms with E-state index in [1.807, 2.05) is 54.6 Å². The van der Waals surface area contributed by atoms with Gasteiger partial charge in [0.1, 0.15) is 10.6 Å². The second-order valence-corrected chi connectivity index (χ2v) is 9.97. The van der Waals surface area contributed by atoms with Crippen molar-refractivity contribution >= 4 is 44.0 Å². The van der Waals surface area contributed by atoms with Gasteiger partial charge >= 0.3 is 0 Å². The number of amides is 1. The van der Waals surface area contributed by atoms with Gasteiger partial charge in [-0.25, -0.2) is 8.42 Å². The molecule has 0 fully saturated rings. The van der Waals surface area contributed by atoms with Gasteiger partial charge in [0.05, 0.1) is 13.7 Å². The van der Waals surface area contributed by atoms with Gasteiger partial charge in [-0.15, -0.1) is 0 Å². The van der Waals surface area contributed by atoms with Crippen LogP contribution in [-0.2, 0) is 21.4 Å². The number of hydrogen-bond donors (Lipinski definition) is 1. The summed E-state index contributed by atoms with van der Waals surface area (Å²) >= 11 is 6.10. The summed E-state index contributed by atoms with van der Waals surface area (Å²) in [4.78, 5) is 13.0. The molecule has 0 aliphatic carbocycles. The largest absolute Gasteiger partial charge is 0.495 e. The van der Waals surface area contributed by atoms with E-state index in [2.05, 4.69) is 5.32 Å². The van der Waals surface area contributed by atoms with E-state index in [0.717, 1.165) is 20.6 Å². The molecule has 4 aromatic rings. The third-order valence-corrected chi connectivity index (χ3v) is 7.38. The lowest BCUT2D eigenvalue weighted by Crippen LogP contribution is -2.37. The van der Waals surface area contributed by atoms with Gasteiger partial charge in [-0.1, -0.05) is 78.3 Å². The Morgan fingerprint density at radius 3 is 2.41 bits per heavy atom. The number of ether oxygens (including phenoxy) is 1. The summed E-state index contributed by atoms with van der Waals surface area (Å²) in [6.45, 7) is -0.391. The van der Waals surface area contributed by atoms with Crippen LogP contribution in [0.2, 0.25) is 5.02 Å². The second kappa shape index (κ2) is 10.3. The molecule has 1 amide bonds. The molecule has 8 heteroatoms. The minimum Gasteiger partial charge on any atom is -0.495 e. The minimum absolute atomic E-state index is 0.00178. The fraction of sp³-hybridized carbons (Fsp3) is 0.115. The van der Waals surface area contributed by atoms with Gasteiger partial charge in [0.2, 0.25) is 15.9 Å². The smallest absolute Gasteiger partial charge is 0.247 e. The maximum absolute atomic E-state index is 13.7. The number of hydrogen-bond acceptors (Lipinski definition) is 4. The van der Waals surface area contributed by atoms with E-state index in [9.17, 15) is 13.2 Å². The van der Waals surface area contributed by atoms with E-state index in [1.165, 1.54) is 19.2 Å². The maximum atomic E-state index is 13.7. The molecule has 6 nitrogen and oxygen atoms in total. The quantitative estimate of drug-likeness (QED) is 0.359. The van der Waals surface area contributed by atoms with E-state index < -0.39 is 22.5 Å². The summed E-state index contributed by atoms with van der Waals surface area (Å²) in [5.41, 5.74) is 1.35. The van der Waals surface area contributed by atoms with Gasteiger partial charge in [-0.3, -0.25) is 4.79 Å². The Morgan fingerprint density at radius 1 is 0.941 bits per heavy atom. The molecule has 4 rings (SSSR count). The molecular formula is C26H23ClN2O4S. The van der Waals surface area contributed by atoms with E-state index in [4.69, 9.17) is 16.3 Å². The lowest BCUT2D eigenvalue weighted by molar-refractivity contribution is -0.116. The Hall–Kier alpha value is -3.39. The zero-order valence-corrected chi connectivity index (χ0v) is 20.0. The minimum atomic E-state index is -4.13. The van der Waals surface area contributed by atoms with Crippen molar-refractivity contribution in [3.8, 4) is 5.75 Å². The molecule has 0 bridgehead atoms. The summed E-state index contributed by atoms with van der Waals surface area (Å²) in [6, 6.07) is 26.7. The molecule has 0 atom stereocenters. The second-order valence-electron chi connectivity index (χ2n) is 7.63. The number of sulfonamides is 1. The molecule has 34 heavy (non-hydrogen) atoms. The molecule has 0 unspecified atom stereocenters. The van der Waals surface area contributed by atoms with Crippen LogP contribution >= 0.6 is 11.6 Å². The number of carbonyl (C=O) groups excluding carboxylic acids is 1. The van der Waals surface area contributed by atoms with E-state index in [0.29, 0.717) is 5.69 Å². The van der Waals surface area contributed by atoms with Crippen molar-refractivity contribution in [1.29, 1.82) is 0 Å². The van der Waals surface area contributed by atoms with Gasteiger partial charge in [-0.2, -0.15) is 4.31 Å². The van der Waals surface area contributed by atoms with Crippen molar-refractivity contribution in [1.82, 2.24) is 4.31 Å². The molecule has 0 saturated heterocycles. The fourth-order valence-electron chi connectivity index (χ4n) is 3.69. The highest BCUT2D eigenvalue weighted by atomic mass is 35.5. The predicted molar refractivity (Wildman–Crippen MR) is 135 cm³/mol. The van der Waals surface area contributed by atoms with Crippen molar-refractivity contribution in [2.24, 2.45) is 0 Å². The molecular weight excluding hydrogens is 472 g/mol. The highest BCUT2D eigenvalue weighted by Gasteiger charge is 2.30. The lowest BCUT2D eigenvalue weighted by atomic mass is 10.1. The molecule has 4 aromatic carbocycles. The number of benzene rings is 4. The summed E-state index contributed by atoms with van der Waals surface area (Å²) in [5, 5.41) is 4.95. The molecule has 0 saturated carbocycles. The van der Waals surface area contributed by atoms with Crippen LogP contribution in [0.3, 0.4) is 0 Å². The maximum Gasteiger partial charge on any atom is 0.247 e. The number of rotatable bonds is 8. The van der Waals surface area contributed by atoms with Gasteiger partial charge in [0.25, 0.3) is 0 Å². The molecule has 0 aliphatic rings. The average Bonchev–Trinajstić information content (AvgIpc) is 2.84. The molecule has 0 spiro atoms. The van der Waals surface area contributed by atoms with Crippen molar-refractivity contribution in [3.63, 3.8) is 0 Å². The standard InChI is InChI=1S/C26H23ClN2O4S/c1-33-24-15-14-21(27)16-25(24)34(31,32)29(17-19-8-3-2-4-9-19)18-26(30)28-23-13-7-11-20-10-5-6-12-22(20)23/h2-16H,17-18H2,1H3,(H,28,30). The Bertz CT molecular complexity index is 1420. The number of nitrogens with one attached hydrogen (secondary N) is 1. The summed E-state index contributed by atoms with van der Waals surface area (Å²) < 4.78 is 33.7. The zero-order chi connectivity index (χ0) is 24.1. The predicted octanol–water partition coefficient (Wildman–Crippen LogP) is 5.33. The van der Waals surface area contributed by atoms with Crippen LogP contribution in [0, 0.1) is 0 Å². The third-order valence-electron chi connectivity index (χ3n) is 5.33. The summed E-state index contributed by atoms with van der Waals surface area (Å²) in [7, 11) is -2.75. The Kier molecular flexibility index (Phi) is 7.17. The van der Waals surface area contributed by atoms with Gasteiger partial charge in [0, 0.05) is 22.6 Å². The number of carbonyl (C=O) groups is 1. The molecule has 0 aliphatic heterocycles. The van der Waals surface area contributed by atoms with E-state index in [-0.39, 0.29) is 22.2 Å². The third kappa shape index (κ3) is 5.22. The fourth-order valence-corrected chi connectivity index (χ4v) is 5.49. The topological polar surface area (TPSA) is 75.7 Å². The molecule has 0 heterocycles. The molecule has 0 radical (unpaired) electrons. The van der Waals surface area contributed by atoms with Crippen LogP contribution in [0.25, 0.3) is 10.8 Å². The zero-order valence-electron chi connectivity index (χ0n) is 18.4.